The van der Waals surface area contributed by atoms with Crippen LogP contribution < -0.4 is 10.1 Å². The third-order valence-corrected chi connectivity index (χ3v) is 4.26. The van der Waals surface area contributed by atoms with E-state index in [0.29, 0.717) is 23.8 Å². The van der Waals surface area contributed by atoms with Crippen molar-refractivity contribution in [2.45, 2.75) is 25.9 Å². The topological polar surface area (TPSA) is 38.3 Å². The molecule has 0 aliphatic carbocycles. The van der Waals surface area contributed by atoms with Crippen LogP contribution in [-0.4, -0.2) is 12.5 Å². The molecule has 0 saturated carbocycles. The van der Waals surface area contributed by atoms with Crippen molar-refractivity contribution in [2.24, 2.45) is 0 Å². The van der Waals surface area contributed by atoms with Crippen molar-refractivity contribution in [3.63, 3.8) is 0 Å². The molecular formula is C18H16Cl2F3NO2. The molecule has 0 heterocycles. The fourth-order valence-corrected chi connectivity index (χ4v) is 2.52. The lowest BCUT2D eigenvalue weighted by Gasteiger charge is -2.12. The molecule has 0 bridgehead atoms. The molecule has 0 spiro atoms. The number of alkyl halides is 3. The minimum Gasteiger partial charge on any atom is -0.494 e. The summed E-state index contributed by atoms with van der Waals surface area (Å²) in [5.41, 5.74) is -0.0653. The maximum Gasteiger partial charge on any atom is 0.417 e. The maximum atomic E-state index is 12.8. The lowest BCUT2D eigenvalue weighted by atomic mass is 10.2. The summed E-state index contributed by atoms with van der Waals surface area (Å²) in [6, 6.07) is 8.47. The minimum absolute atomic E-state index is 0.0426. The van der Waals surface area contributed by atoms with Crippen molar-refractivity contribution in [3.05, 3.63) is 57.6 Å². The fraction of sp³-hybridized carbons (Fsp3) is 0.278. The summed E-state index contributed by atoms with van der Waals surface area (Å²) < 4.78 is 43.9. The smallest absolute Gasteiger partial charge is 0.417 e. The van der Waals surface area contributed by atoms with Crippen LogP contribution >= 0.6 is 23.2 Å². The predicted octanol–water partition coefficient (Wildman–Crippen LogP) is 6.12. The molecule has 1 N–H and O–H groups in total. The Labute approximate surface area is 159 Å². The van der Waals surface area contributed by atoms with E-state index >= 15 is 0 Å². The van der Waals surface area contributed by atoms with E-state index in [-0.39, 0.29) is 12.1 Å². The van der Waals surface area contributed by atoms with Crippen LogP contribution in [0.1, 0.15) is 24.0 Å². The quantitative estimate of drug-likeness (QED) is 0.587. The summed E-state index contributed by atoms with van der Waals surface area (Å²) in [5.74, 6) is 0.233. The molecular weight excluding hydrogens is 390 g/mol. The number of amides is 1. The number of rotatable bonds is 6. The Kier molecular flexibility index (Phi) is 6.78. The van der Waals surface area contributed by atoms with Gasteiger partial charge in [-0.3, -0.25) is 4.79 Å². The van der Waals surface area contributed by atoms with Crippen LogP contribution in [0.25, 0.3) is 0 Å². The molecule has 3 nitrogen and oxygen atoms in total. The van der Waals surface area contributed by atoms with Crippen molar-refractivity contribution in [1.29, 1.82) is 0 Å². The van der Waals surface area contributed by atoms with Gasteiger partial charge in [-0.15, -0.1) is 0 Å². The number of hydrogen-bond acceptors (Lipinski definition) is 2. The number of ether oxygens (including phenoxy) is 1. The Bertz CT molecular complexity index is 794. The molecule has 0 unspecified atom stereocenters. The second-order valence-corrected chi connectivity index (χ2v) is 6.42. The normalized spacial score (nSPS) is 11.3. The van der Waals surface area contributed by atoms with E-state index in [9.17, 15) is 18.0 Å². The van der Waals surface area contributed by atoms with Gasteiger partial charge < -0.3 is 10.1 Å². The number of nitrogens with one attached hydrogen (secondary N) is 1. The van der Waals surface area contributed by atoms with Gasteiger partial charge in [0.05, 0.1) is 17.2 Å². The van der Waals surface area contributed by atoms with Gasteiger partial charge in [0.1, 0.15) is 5.75 Å². The fourth-order valence-electron chi connectivity index (χ4n) is 2.17. The van der Waals surface area contributed by atoms with Crippen LogP contribution in [0.5, 0.6) is 5.75 Å². The molecule has 8 heteroatoms. The third kappa shape index (κ3) is 5.81. The molecule has 2 aromatic rings. The highest BCUT2D eigenvalue weighted by Crippen LogP contribution is 2.36. The first-order valence-electron chi connectivity index (χ1n) is 7.72. The first-order chi connectivity index (χ1) is 12.2. The monoisotopic (exact) mass is 405 g/mol. The number of aryl methyl sites for hydroxylation is 1. The average molecular weight is 406 g/mol. The summed E-state index contributed by atoms with van der Waals surface area (Å²) in [5, 5.41) is 2.65. The Balaban J connectivity index is 1.83. The van der Waals surface area contributed by atoms with E-state index in [1.165, 1.54) is 6.07 Å². The van der Waals surface area contributed by atoms with Crippen LogP contribution in [0, 0.1) is 6.92 Å². The van der Waals surface area contributed by atoms with Crippen molar-refractivity contribution >= 4 is 34.8 Å². The van der Waals surface area contributed by atoms with Crippen LogP contribution in [0.2, 0.25) is 10.0 Å². The van der Waals surface area contributed by atoms with E-state index in [1.54, 1.807) is 18.2 Å². The van der Waals surface area contributed by atoms with Crippen LogP contribution in [0.3, 0.4) is 0 Å². The first kappa shape index (κ1) is 20.4. The summed E-state index contributed by atoms with van der Waals surface area (Å²) in [7, 11) is 0. The van der Waals surface area contributed by atoms with E-state index in [2.05, 4.69) is 5.32 Å². The second-order valence-electron chi connectivity index (χ2n) is 5.60. The predicted molar refractivity (Wildman–Crippen MR) is 96.0 cm³/mol. The van der Waals surface area contributed by atoms with Gasteiger partial charge in [0.15, 0.2) is 0 Å². The average Bonchev–Trinajstić information content (AvgIpc) is 2.55. The molecule has 26 heavy (non-hydrogen) atoms. The van der Waals surface area contributed by atoms with E-state index in [1.807, 2.05) is 6.92 Å². The largest absolute Gasteiger partial charge is 0.494 e. The highest BCUT2D eigenvalue weighted by Gasteiger charge is 2.33. The van der Waals surface area contributed by atoms with Gasteiger partial charge in [0, 0.05) is 17.1 Å². The number of carbonyl (C=O) groups is 1. The molecule has 2 rings (SSSR count). The number of halogens is 5. The number of anilines is 1. The van der Waals surface area contributed by atoms with Gasteiger partial charge in [-0.2, -0.15) is 13.2 Å². The molecule has 0 aliphatic rings. The molecule has 0 saturated heterocycles. The third-order valence-electron chi connectivity index (χ3n) is 3.50. The molecule has 0 fully saturated rings. The summed E-state index contributed by atoms with van der Waals surface area (Å²) >= 11 is 11.5. The van der Waals surface area contributed by atoms with Crippen molar-refractivity contribution in [1.82, 2.24) is 0 Å². The standard InChI is InChI=1S/C18H16Cl2F3NO2/c1-11-9-13(5-7-15(11)19)26-8-2-3-17(25)24-12-4-6-16(20)14(10-12)18(21,22)23/h4-7,9-10H,2-3,8H2,1H3,(H,24,25). The number of carbonyl (C=O) groups excluding carboxylic acids is 1. The Hall–Kier alpha value is -1.92. The second kappa shape index (κ2) is 8.64. The van der Waals surface area contributed by atoms with E-state index < -0.39 is 22.7 Å². The molecule has 0 atom stereocenters. The van der Waals surface area contributed by atoms with Crippen LogP contribution in [0.4, 0.5) is 18.9 Å². The zero-order valence-electron chi connectivity index (χ0n) is 13.8. The molecule has 0 aromatic heterocycles. The van der Waals surface area contributed by atoms with Gasteiger partial charge in [0.2, 0.25) is 5.91 Å². The molecule has 140 valence electrons. The van der Waals surface area contributed by atoms with Crippen molar-refractivity contribution in [3.8, 4) is 5.75 Å². The summed E-state index contributed by atoms with van der Waals surface area (Å²) in [6.45, 7) is 2.15. The van der Waals surface area contributed by atoms with Gasteiger partial charge in [0.25, 0.3) is 0 Å². The van der Waals surface area contributed by atoms with E-state index in [4.69, 9.17) is 27.9 Å². The summed E-state index contributed by atoms with van der Waals surface area (Å²) in [6.07, 6.45) is -4.06. The lowest BCUT2D eigenvalue weighted by molar-refractivity contribution is -0.137. The Morgan fingerprint density at radius 3 is 2.46 bits per heavy atom. The Morgan fingerprint density at radius 2 is 1.81 bits per heavy atom. The van der Waals surface area contributed by atoms with Crippen molar-refractivity contribution in [2.75, 3.05) is 11.9 Å². The molecule has 0 radical (unpaired) electrons. The highest BCUT2D eigenvalue weighted by atomic mass is 35.5. The minimum atomic E-state index is -4.58. The molecule has 0 aliphatic heterocycles. The highest BCUT2D eigenvalue weighted by molar-refractivity contribution is 6.31. The number of benzene rings is 2. The molecule has 1 amide bonds. The lowest BCUT2D eigenvalue weighted by Crippen LogP contribution is -2.14. The SMILES string of the molecule is Cc1cc(OCCCC(=O)Nc2ccc(Cl)c(C(F)(F)F)c2)ccc1Cl. The van der Waals surface area contributed by atoms with Gasteiger partial charge in [-0.1, -0.05) is 23.2 Å². The van der Waals surface area contributed by atoms with Gasteiger partial charge in [-0.05, 0) is 55.3 Å². The van der Waals surface area contributed by atoms with Crippen LogP contribution in [0.15, 0.2) is 36.4 Å². The van der Waals surface area contributed by atoms with Crippen molar-refractivity contribution < 1.29 is 22.7 Å². The number of hydrogen-bond donors (Lipinski definition) is 1. The zero-order chi connectivity index (χ0) is 19.3. The zero-order valence-corrected chi connectivity index (χ0v) is 15.3. The summed E-state index contributed by atoms with van der Waals surface area (Å²) in [4.78, 5) is 11.9. The van der Waals surface area contributed by atoms with Gasteiger partial charge >= 0.3 is 6.18 Å². The van der Waals surface area contributed by atoms with E-state index in [0.717, 1.165) is 17.7 Å². The van der Waals surface area contributed by atoms with Gasteiger partial charge in [-0.25, -0.2) is 0 Å². The maximum absolute atomic E-state index is 12.8. The molecule has 2 aromatic carbocycles. The van der Waals surface area contributed by atoms with Crippen LogP contribution in [-0.2, 0) is 11.0 Å². The first-order valence-corrected chi connectivity index (χ1v) is 8.48. The Morgan fingerprint density at radius 1 is 1.12 bits per heavy atom.